The summed E-state index contributed by atoms with van der Waals surface area (Å²) in [6.07, 6.45) is 8.01. The molecule has 1 aromatic rings. The van der Waals surface area contributed by atoms with E-state index in [0.29, 0.717) is 30.3 Å². The number of nitrogens with one attached hydrogen (secondary N) is 1. The molecule has 1 amide bonds. The number of esters is 1. The highest BCUT2D eigenvalue weighted by molar-refractivity contribution is 5.93. The Labute approximate surface area is 125 Å². The molecular weight excluding hydrogens is 268 g/mol. The average Bonchev–Trinajstić information content (AvgIpc) is 2.48. The van der Waals surface area contributed by atoms with E-state index in [-0.39, 0.29) is 5.91 Å². The van der Waals surface area contributed by atoms with Crippen LogP contribution in [0.25, 0.3) is 0 Å². The van der Waals surface area contributed by atoms with Gasteiger partial charge in [-0.05, 0) is 37.8 Å². The number of hydrogen-bond donors (Lipinski definition) is 1. The van der Waals surface area contributed by atoms with Gasteiger partial charge in [-0.15, -0.1) is 0 Å². The van der Waals surface area contributed by atoms with Crippen LogP contribution in [0, 0.1) is 5.92 Å². The molecule has 114 valence electrons. The Balaban J connectivity index is 1.91. The number of amides is 1. The second kappa shape index (κ2) is 7.76. The van der Waals surface area contributed by atoms with Crippen molar-refractivity contribution in [2.24, 2.45) is 5.92 Å². The summed E-state index contributed by atoms with van der Waals surface area (Å²) in [6, 6.07) is 3.13. The Kier molecular flexibility index (Phi) is 5.72. The molecule has 0 bridgehead atoms. The third kappa shape index (κ3) is 4.85. The predicted octanol–water partition coefficient (Wildman–Crippen LogP) is 3.17. The zero-order chi connectivity index (χ0) is 15.1. The van der Waals surface area contributed by atoms with Gasteiger partial charge in [0.2, 0.25) is 5.91 Å². The highest BCUT2D eigenvalue weighted by Gasteiger charge is 2.17. The van der Waals surface area contributed by atoms with Crippen LogP contribution in [0.1, 0.15) is 55.8 Å². The molecule has 2 rings (SSSR count). The zero-order valence-corrected chi connectivity index (χ0v) is 12.4. The first kappa shape index (κ1) is 15.5. The number of nitrogens with zero attached hydrogens (tertiary/aromatic N) is 1. The summed E-state index contributed by atoms with van der Waals surface area (Å²) < 4.78 is 4.93. The van der Waals surface area contributed by atoms with Crippen molar-refractivity contribution in [1.82, 2.24) is 4.98 Å². The molecule has 0 aliphatic heterocycles. The minimum absolute atomic E-state index is 0.0320. The van der Waals surface area contributed by atoms with Crippen LogP contribution in [-0.2, 0) is 9.53 Å². The van der Waals surface area contributed by atoms with Gasteiger partial charge in [0.25, 0.3) is 0 Å². The maximum atomic E-state index is 12.0. The molecule has 5 nitrogen and oxygen atoms in total. The first-order valence-electron chi connectivity index (χ1n) is 7.62. The summed E-state index contributed by atoms with van der Waals surface area (Å²) in [6.45, 7) is 2.08. The van der Waals surface area contributed by atoms with E-state index in [2.05, 4.69) is 10.3 Å². The number of ether oxygens (including phenoxy) is 1. The summed E-state index contributed by atoms with van der Waals surface area (Å²) in [5.41, 5.74) is 0.403. The molecule has 0 saturated heterocycles. The van der Waals surface area contributed by atoms with Gasteiger partial charge in [-0.2, -0.15) is 0 Å². The van der Waals surface area contributed by atoms with Crippen molar-refractivity contribution in [2.45, 2.75) is 45.4 Å². The smallest absolute Gasteiger partial charge is 0.338 e. The van der Waals surface area contributed by atoms with Crippen molar-refractivity contribution < 1.29 is 14.3 Å². The first-order valence-corrected chi connectivity index (χ1v) is 7.62. The largest absolute Gasteiger partial charge is 0.462 e. The molecule has 0 spiro atoms. The molecule has 0 radical (unpaired) electrons. The molecule has 0 aromatic carbocycles. The molecule has 1 N–H and O–H groups in total. The molecule has 0 atom stereocenters. The van der Waals surface area contributed by atoms with Gasteiger partial charge in [-0.25, -0.2) is 9.78 Å². The van der Waals surface area contributed by atoms with Gasteiger partial charge in [0.15, 0.2) is 0 Å². The fourth-order valence-electron chi connectivity index (χ4n) is 2.69. The topological polar surface area (TPSA) is 68.3 Å². The van der Waals surface area contributed by atoms with E-state index in [1.165, 1.54) is 25.5 Å². The van der Waals surface area contributed by atoms with Crippen LogP contribution in [0.5, 0.6) is 0 Å². The third-order valence-corrected chi connectivity index (χ3v) is 3.74. The van der Waals surface area contributed by atoms with Gasteiger partial charge in [-0.3, -0.25) is 4.79 Å². The van der Waals surface area contributed by atoms with Gasteiger partial charge >= 0.3 is 5.97 Å². The number of anilines is 1. The Morgan fingerprint density at radius 3 is 2.81 bits per heavy atom. The number of pyridine rings is 1. The van der Waals surface area contributed by atoms with Crippen molar-refractivity contribution in [3.05, 3.63) is 23.9 Å². The van der Waals surface area contributed by atoms with E-state index >= 15 is 0 Å². The molecule has 1 saturated carbocycles. The maximum absolute atomic E-state index is 12.0. The van der Waals surface area contributed by atoms with Gasteiger partial charge in [-0.1, -0.05) is 19.3 Å². The highest BCUT2D eigenvalue weighted by Crippen LogP contribution is 2.26. The van der Waals surface area contributed by atoms with Crippen LogP contribution in [0.4, 0.5) is 5.82 Å². The second-order valence-electron chi connectivity index (χ2n) is 5.41. The van der Waals surface area contributed by atoms with Crippen molar-refractivity contribution in [1.29, 1.82) is 0 Å². The summed E-state index contributed by atoms with van der Waals surface area (Å²) >= 11 is 0. The second-order valence-corrected chi connectivity index (χ2v) is 5.41. The first-order chi connectivity index (χ1) is 10.2. The summed E-state index contributed by atoms with van der Waals surface area (Å²) in [5, 5.41) is 2.77. The van der Waals surface area contributed by atoms with Crippen molar-refractivity contribution in [3.63, 3.8) is 0 Å². The van der Waals surface area contributed by atoms with Crippen LogP contribution >= 0.6 is 0 Å². The fraction of sp³-hybridized carbons (Fsp3) is 0.562. The van der Waals surface area contributed by atoms with Crippen LogP contribution in [0.15, 0.2) is 18.3 Å². The molecule has 1 aliphatic carbocycles. The van der Waals surface area contributed by atoms with E-state index in [1.807, 2.05) is 0 Å². The normalized spacial score (nSPS) is 15.5. The monoisotopic (exact) mass is 290 g/mol. The van der Waals surface area contributed by atoms with E-state index < -0.39 is 5.97 Å². The van der Waals surface area contributed by atoms with Gasteiger partial charge in [0.1, 0.15) is 5.82 Å². The molecular formula is C16H22N2O3. The minimum Gasteiger partial charge on any atom is -0.462 e. The quantitative estimate of drug-likeness (QED) is 0.846. The predicted molar refractivity (Wildman–Crippen MR) is 80.0 cm³/mol. The Morgan fingerprint density at radius 1 is 1.33 bits per heavy atom. The highest BCUT2D eigenvalue weighted by atomic mass is 16.5. The molecule has 0 unspecified atom stereocenters. The number of rotatable bonds is 5. The maximum Gasteiger partial charge on any atom is 0.338 e. The molecule has 1 aliphatic rings. The number of carbonyl (C=O) groups is 2. The molecule has 1 heterocycles. The molecule has 21 heavy (non-hydrogen) atoms. The fourth-order valence-corrected chi connectivity index (χ4v) is 2.69. The van der Waals surface area contributed by atoms with E-state index in [0.717, 1.165) is 12.8 Å². The van der Waals surface area contributed by atoms with E-state index in [1.54, 1.807) is 19.1 Å². The van der Waals surface area contributed by atoms with Crippen molar-refractivity contribution in [2.75, 3.05) is 11.9 Å². The van der Waals surface area contributed by atoms with Crippen LogP contribution < -0.4 is 5.32 Å². The lowest BCUT2D eigenvalue weighted by molar-refractivity contribution is -0.117. The summed E-state index contributed by atoms with van der Waals surface area (Å²) in [4.78, 5) is 27.7. The van der Waals surface area contributed by atoms with E-state index in [4.69, 9.17) is 4.74 Å². The molecule has 5 heteroatoms. The number of hydrogen-bond acceptors (Lipinski definition) is 4. The van der Waals surface area contributed by atoms with Gasteiger partial charge in [0, 0.05) is 12.6 Å². The van der Waals surface area contributed by atoms with Crippen molar-refractivity contribution in [3.8, 4) is 0 Å². The van der Waals surface area contributed by atoms with Crippen LogP contribution in [-0.4, -0.2) is 23.5 Å². The molecule has 1 aromatic heterocycles. The third-order valence-electron chi connectivity index (χ3n) is 3.74. The Hall–Kier alpha value is -1.91. The number of carbonyl (C=O) groups excluding carboxylic acids is 2. The standard InChI is InChI=1S/C16H22N2O3/c1-2-21-16(20)13-8-9-17-14(11-13)18-15(19)10-12-6-4-3-5-7-12/h8-9,11-12H,2-7,10H2,1H3,(H,17,18,19). The lowest BCUT2D eigenvalue weighted by Crippen LogP contribution is -2.19. The van der Waals surface area contributed by atoms with Crippen LogP contribution in [0.3, 0.4) is 0 Å². The SMILES string of the molecule is CCOC(=O)c1ccnc(NC(=O)CC2CCCCC2)c1. The average molecular weight is 290 g/mol. The Bertz CT molecular complexity index is 496. The lowest BCUT2D eigenvalue weighted by Gasteiger charge is -2.20. The van der Waals surface area contributed by atoms with Gasteiger partial charge < -0.3 is 10.1 Å². The van der Waals surface area contributed by atoms with Crippen molar-refractivity contribution >= 4 is 17.7 Å². The van der Waals surface area contributed by atoms with E-state index in [9.17, 15) is 9.59 Å². The van der Waals surface area contributed by atoms with Crippen LogP contribution in [0.2, 0.25) is 0 Å². The zero-order valence-electron chi connectivity index (χ0n) is 12.4. The minimum atomic E-state index is -0.400. The number of aromatic nitrogens is 1. The lowest BCUT2D eigenvalue weighted by atomic mass is 9.87. The molecule has 1 fully saturated rings. The van der Waals surface area contributed by atoms with Gasteiger partial charge in [0.05, 0.1) is 12.2 Å². The summed E-state index contributed by atoms with van der Waals surface area (Å²) in [5.74, 6) is 0.450. The Morgan fingerprint density at radius 2 is 2.10 bits per heavy atom. The summed E-state index contributed by atoms with van der Waals surface area (Å²) in [7, 11) is 0.